The summed E-state index contributed by atoms with van der Waals surface area (Å²) in [6.45, 7) is 1.41. The fraction of sp³-hybridized carbons (Fsp3) is 0.455. The number of hydrogen-bond acceptors (Lipinski definition) is 4. The van der Waals surface area contributed by atoms with Gasteiger partial charge in [0.15, 0.2) is 0 Å². The van der Waals surface area contributed by atoms with Crippen molar-refractivity contribution in [1.29, 1.82) is 0 Å². The van der Waals surface area contributed by atoms with Crippen LogP contribution in [0.1, 0.15) is 12.8 Å². The van der Waals surface area contributed by atoms with Crippen LogP contribution in [0, 0.1) is 0 Å². The fourth-order valence-corrected chi connectivity index (χ4v) is 2.44. The minimum absolute atomic E-state index is 0.0819. The van der Waals surface area contributed by atoms with E-state index in [9.17, 15) is 8.42 Å². The van der Waals surface area contributed by atoms with Crippen molar-refractivity contribution in [3.8, 4) is 5.75 Å². The van der Waals surface area contributed by atoms with E-state index in [1.807, 2.05) is 0 Å². The number of hydrogen-bond donors (Lipinski definition) is 0. The monoisotopic (exact) mass is 276 g/mol. The van der Waals surface area contributed by atoms with Crippen LogP contribution in [0.3, 0.4) is 0 Å². The van der Waals surface area contributed by atoms with Gasteiger partial charge in [0, 0.05) is 23.5 Å². The SMILES string of the molecule is O=S(=O)(Cl)c1ccc(OC2CCOCC2)cc1. The van der Waals surface area contributed by atoms with Crippen LogP contribution in [0.15, 0.2) is 29.2 Å². The summed E-state index contributed by atoms with van der Waals surface area (Å²) in [5.41, 5.74) is 0. The lowest BCUT2D eigenvalue weighted by atomic mass is 10.1. The van der Waals surface area contributed by atoms with Crippen molar-refractivity contribution in [3.05, 3.63) is 24.3 Å². The Hall–Kier alpha value is -0.780. The molecule has 2 rings (SSSR count). The van der Waals surface area contributed by atoms with Gasteiger partial charge in [-0.2, -0.15) is 0 Å². The first-order chi connectivity index (χ1) is 8.05. The standard InChI is InChI=1S/C11H13ClO4S/c12-17(13,14)11-3-1-9(2-4-11)16-10-5-7-15-8-6-10/h1-4,10H,5-8H2. The van der Waals surface area contributed by atoms with Crippen molar-refractivity contribution in [2.45, 2.75) is 23.8 Å². The Labute approximate surface area is 105 Å². The minimum Gasteiger partial charge on any atom is -0.490 e. The Morgan fingerprint density at radius 2 is 1.76 bits per heavy atom. The second-order valence-corrected chi connectivity index (χ2v) is 6.40. The third-order valence-electron chi connectivity index (χ3n) is 2.58. The third-order valence-corrected chi connectivity index (χ3v) is 3.95. The van der Waals surface area contributed by atoms with Crippen LogP contribution in [-0.4, -0.2) is 27.7 Å². The van der Waals surface area contributed by atoms with Gasteiger partial charge in [-0.25, -0.2) is 8.42 Å². The Morgan fingerprint density at radius 3 is 2.29 bits per heavy atom. The van der Waals surface area contributed by atoms with Gasteiger partial charge in [0.1, 0.15) is 11.9 Å². The van der Waals surface area contributed by atoms with E-state index in [0.717, 1.165) is 12.8 Å². The van der Waals surface area contributed by atoms with Crippen LogP contribution >= 0.6 is 10.7 Å². The Bertz CT molecular complexity index is 463. The minimum atomic E-state index is -3.66. The lowest BCUT2D eigenvalue weighted by Gasteiger charge is -2.23. The zero-order valence-electron chi connectivity index (χ0n) is 9.13. The lowest BCUT2D eigenvalue weighted by Crippen LogP contribution is -2.25. The van der Waals surface area contributed by atoms with Crippen LogP contribution < -0.4 is 4.74 Å². The summed E-state index contributed by atoms with van der Waals surface area (Å²) in [5, 5.41) is 0. The number of benzene rings is 1. The molecular weight excluding hydrogens is 264 g/mol. The lowest BCUT2D eigenvalue weighted by molar-refractivity contribution is 0.0255. The molecule has 0 atom stereocenters. The van der Waals surface area contributed by atoms with Crippen molar-refractivity contribution in [2.24, 2.45) is 0 Å². The first kappa shape index (κ1) is 12.7. The predicted octanol–water partition coefficient (Wildman–Crippen LogP) is 2.17. The molecular formula is C11H13ClO4S. The highest BCUT2D eigenvalue weighted by Crippen LogP contribution is 2.21. The molecule has 17 heavy (non-hydrogen) atoms. The number of ether oxygens (including phenoxy) is 2. The summed E-state index contributed by atoms with van der Waals surface area (Å²) >= 11 is 0. The molecule has 0 spiro atoms. The van der Waals surface area contributed by atoms with Crippen molar-refractivity contribution < 1.29 is 17.9 Å². The molecule has 4 nitrogen and oxygen atoms in total. The molecule has 0 saturated carbocycles. The second kappa shape index (κ2) is 5.25. The van der Waals surface area contributed by atoms with E-state index in [2.05, 4.69) is 0 Å². The van der Waals surface area contributed by atoms with E-state index in [1.54, 1.807) is 12.1 Å². The molecule has 1 heterocycles. The zero-order chi connectivity index (χ0) is 12.3. The first-order valence-corrected chi connectivity index (χ1v) is 7.66. The van der Waals surface area contributed by atoms with Gasteiger partial charge in [-0.15, -0.1) is 0 Å². The van der Waals surface area contributed by atoms with Crippen LogP contribution in [0.25, 0.3) is 0 Å². The van der Waals surface area contributed by atoms with Crippen LogP contribution in [0.5, 0.6) is 5.75 Å². The summed E-state index contributed by atoms with van der Waals surface area (Å²) in [7, 11) is 1.56. The Kier molecular flexibility index (Phi) is 3.91. The van der Waals surface area contributed by atoms with Crippen molar-refractivity contribution in [3.63, 3.8) is 0 Å². The van der Waals surface area contributed by atoms with E-state index in [0.29, 0.717) is 19.0 Å². The smallest absolute Gasteiger partial charge is 0.261 e. The fourth-order valence-electron chi connectivity index (χ4n) is 1.67. The molecule has 1 aliphatic rings. The molecule has 0 radical (unpaired) electrons. The van der Waals surface area contributed by atoms with E-state index in [-0.39, 0.29) is 11.0 Å². The topological polar surface area (TPSA) is 52.6 Å². The highest BCUT2D eigenvalue weighted by molar-refractivity contribution is 8.13. The molecule has 1 aliphatic heterocycles. The second-order valence-electron chi connectivity index (χ2n) is 3.84. The molecule has 0 bridgehead atoms. The maximum atomic E-state index is 11.0. The number of rotatable bonds is 3. The summed E-state index contributed by atoms with van der Waals surface area (Å²) < 4.78 is 33.0. The van der Waals surface area contributed by atoms with Crippen LogP contribution in [-0.2, 0) is 13.8 Å². The third kappa shape index (κ3) is 3.59. The quantitative estimate of drug-likeness (QED) is 0.794. The average molecular weight is 277 g/mol. The summed E-state index contributed by atoms with van der Waals surface area (Å²) in [4.78, 5) is 0.0819. The normalized spacial score (nSPS) is 17.9. The van der Waals surface area contributed by atoms with Crippen LogP contribution in [0.4, 0.5) is 0 Å². The highest BCUT2D eigenvalue weighted by Gasteiger charge is 2.16. The molecule has 0 unspecified atom stereocenters. The molecule has 0 N–H and O–H groups in total. The molecule has 0 aromatic heterocycles. The van der Waals surface area contributed by atoms with Crippen LogP contribution in [0.2, 0.25) is 0 Å². The molecule has 1 saturated heterocycles. The van der Waals surface area contributed by atoms with Gasteiger partial charge in [-0.05, 0) is 24.3 Å². The van der Waals surface area contributed by atoms with E-state index in [4.69, 9.17) is 20.2 Å². The number of halogens is 1. The van der Waals surface area contributed by atoms with Gasteiger partial charge < -0.3 is 9.47 Å². The average Bonchev–Trinajstić information content (AvgIpc) is 2.30. The van der Waals surface area contributed by atoms with Crippen molar-refractivity contribution >= 4 is 19.7 Å². The maximum Gasteiger partial charge on any atom is 0.261 e. The maximum absolute atomic E-state index is 11.0. The van der Waals surface area contributed by atoms with Crippen molar-refractivity contribution in [1.82, 2.24) is 0 Å². The van der Waals surface area contributed by atoms with Gasteiger partial charge in [0.05, 0.1) is 18.1 Å². The Balaban J connectivity index is 2.03. The van der Waals surface area contributed by atoms with Gasteiger partial charge in [0.2, 0.25) is 0 Å². The first-order valence-electron chi connectivity index (χ1n) is 5.35. The molecule has 94 valence electrons. The summed E-state index contributed by atoms with van der Waals surface area (Å²) in [6, 6.07) is 6.11. The molecule has 1 aromatic carbocycles. The van der Waals surface area contributed by atoms with Gasteiger partial charge in [-0.3, -0.25) is 0 Å². The van der Waals surface area contributed by atoms with Gasteiger partial charge >= 0.3 is 0 Å². The van der Waals surface area contributed by atoms with Crippen molar-refractivity contribution in [2.75, 3.05) is 13.2 Å². The summed E-state index contributed by atoms with van der Waals surface area (Å²) in [5.74, 6) is 0.654. The molecule has 1 aromatic rings. The molecule has 0 amide bonds. The summed E-state index contributed by atoms with van der Waals surface area (Å²) in [6.07, 6.45) is 1.85. The Morgan fingerprint density at radius 1 is 1.18 bits per heavy atom. The molecule has 0 aliphatic carbocycles. The highest BCUT2D eigenvalue weighted by atomic mass is 35.7. The van der Waals surface area contributed by atoms with E-state index < -0.39 is 9.05 Å². The van der Waals surface area contributed by atoms with Gasteiger partial charge in [-0.1, -0.05) is 0 Å². The zero-order valence-corrected chi connectivity index (χ0v) is 10.7. The molecule has 1 fully saturated rings. The molecule has 6 heteroatoms. The van der Waals surface area contributed by atoms with E-state index >= 15 is 0 Å². The largest absolute Gasteiger partial charge is 0.490 e. The van der Waals surface area contributed by atoms with Gasteiger partial charge in [0.25, 0.3) is 9.05 Å². The predicted molar refractivity (Wildman–Crippen MR) is 63.9 cm³/mol. The van der Waals surface area contributed by atoms with E-state index in [1.165, 1.54) is 12.1 Å².